The first-order valence-corrected chi connectivity index (χ1v) is 5.51. The minimum absolute atomic E-state index is 0.529. The van der Waals surface area contributed by atoms with Crippen LogP contribution in [0.5, 0.6) is 0 Å². The molecule has 1 aromatic carbocycles. The molecule has 0 aliphatic heterocycles. The molecule has 0 saturated carbocycles. The highest BCUT2D eigenvalue weighted by Gasteiger charge is 2.06. The number of aryl methyl sites for hydroxylation is 1. The van der Waals surface area contributed by atoms with Crippen molar-refractivity contribution in [3.63, 3.8) is 0 Å². The lowest BCUT2D eigenvalue weighted by Crippen LogP contribution is -1.92. The summed E-state index contributed by atoms with van der Waals surface area (Å²) < 4.78 is 0. The largest absolute Gasteiger partial charge is 0.397 e. The number of rotatable bonds is 1. The van der Waals surface area contributed by atoms with Crippen LogP contribution in [-0.2, 0) is 0 Å². The lowest BCUT2D eigenvalue weighted by molar-refractivity contribution is 1.21. The van der Waals surface area contributed by atoms with Crippen molar-refractivity contribution in [1.29, 1.82) is 0 Å². The number of benzene rings is 1. The second-order valence-corrected chi connectivity index (χ2v) is 4.34. The van der Waals surface area contributed by atoms with Crippen LogP contribution in [0.3, 0.4) is 0 Å². The Balaban J connectivity index is 2.58. The highest BCUT2D eigenvalue weighted by molar-refractivity contribution is 6.42. The SMILES string of the molecule is Cc1ncc(N)cc1-c1ccc(Cl)c(Cl)c1. The Hall–Kier alpha value is -1.25. The first-order valence-electron chi connectivity index (χ1n) is 4.75. The van der Waals surface area contributed by atoms with E-state index in [4.69, 9.17) is 28.9 Å². The summed E-state index contributed by atoms with van der Waals surface area (Å²) in [5, 5.41) is 1.07. The van der Waals surface area contributed by atoms with Gasteiger partial charge in [0.05, 0.1) is 21.9 Å². The molecule has 0 atom stereocenters. The smallest absolute Gasteiger partial charge is 0.0598 e. The molecule has 0 unspecified atom stereocenters. The Labute approximate surface area is 104 Å². The highest BCUT2D eigenvalue weighted by atomic mass is 35.5. The molecule has 2 rings (SSSR count). The summed E-state index contributed by atoms with van der Waals surface area (Å²) in [5.41, 5.74) is 9.19. The molecule has 0 aliphatic rings. The van der Waals surface area contributed by atoms with Crippen molar-refractivity contribution in [3.8, 4) is 11.1 Å². The summed E-state index contributed by atoms with van der Waals surface area (Å²) in [7, 11) is 0. The second-order valence-electron chi connectivity index (χ2n) is 3.53. The van der Waals surface area contributed by atoms with E-state index in [9.17, 15) is 0 Å². The van der Waals surface area contributed by atoms with Gasteiger partial charge in [-0.1, -0.05) is 29.3 Å². The molecule has 0 spiro atoms. The lowest BCUT2D eigenvalue weighted by atomic mass is 10.0. The van der Waals surface area contributed by atoms with E-state index in [0.717, 1.165) is 16.8 Å². The average molecular weight is 253 g/mol. The van der Waals surface area contributed by atoms with E-state index in [1.165, 1.54) is 0 Å². The molecule has 1 aromatic heterocycles. The van der Waals surface area contributed by atoms with Crippen molar-refractivity contribution in [2.45, 2.75) is 6.92 Å². The normalized spacial score (nSPS) is 10.4. The maximum atomic E-state index is 5.97. The van der Waals surface area contributed by atoms with Crippen LogP contribution in [-0.4, -0.2) is 4.98 Å². The zero-order valence-electron chi connectivity index (χ0n) is 8.67. The molecule has 4 heteroatoms. The van der Waals surface area contributed by atoms with E-state index >= 15 is 0 Å². The van der Waals surface area contributed by atoms with Gasteiger partial charge in [0.15, 0.2) is 0 Å². The predicted molar refractivity (Wildman–Crippen MR) is 68.8 cm³/mol. The fourth-order valence-corrected chi connectivity index (χ4v) is 1.80. The molecule has 0 saturated heterocycles. The second kappa shape index (κ2) is 4.32. The van der Waals surface area contributed by atoms with Gasteiger partial charge in [0.25, 0.3) is 0 Å². The molecular formula is C12H10Cl2N2. The Morgan fingerprint density at radius 1 is 1.12 bits per heavy atom. The molecule has 0 amide bonds. The van der Waals surface area contributed by atoms with Crippen LogP contribution in [0, 0.1) is 6.92 Å². The number of nitrogen functional groups attached to an aromatic ring is 1. The van der Waals surface area contributed by atoms with Crippen LogP contribution in [0.1, 0.15) is 5.69 Å². The Kier molecular flexibility index (Phi) is 3.03. The number of hydrogen-bond acceptors (Lipinski definition) is 2. The van der Waals surface area contributed by atoms with Crippen LogP contribution in [0.15, 0.2) is 30.5 Å². The van der Waals surface area contributed by atoms with Gasteiger partial charge in [-0.15, -0.1) is 0 Å². The van der Waals surface area contributed by atoms with Crippen molar-refractivity contribution in [3.05, 3.63) is 46.2 Å². The highest BCUT2D eigenvalue weighted by Crippen LogP contribution is 2.30. The Morgan fingerprint density at radius 3 is 2.56 bits per heavy atom. The van der Waals surface area contributed by atoms with Crippen LogP contribution in [0.25, 0.3) is 11.1 Å². The maximum Gasteiger partial charge on any atom is 0.0598 e. The van der Waals surface area contributed by atoms with Gasteiger partial charge in [-0.2, -0.15) is 0 Å². The average Bonchev–Trinajstić information content (AvgIpc) is 2.26. The summed E-state index contributed by atoms with van der Waals surface area (Å²) in [6.07, 6.45) is 1.64. The van der Waals surface area contributed by atoms with Crippen molar-refractivity contribution >= 4 is 28.9 Å². The number of halogens is 2. The van der Waals surface area contributed by atoms with E-state index in [0.29, 0.717) is 15.7 Å². The minimum atomic E-state index is 0.529. The molecular weight excluding hydrogens is 243 g/mol. The summed E-state index contributed by atoms with van der Waals surface area (Å²) in [5.74, 6) is 0. The molecule has 0 fully saturated rings. The van der Waals surface area contributed by atoms with E-state index in [2.05, 4.69) is 4.98 Å². The first kappa shape index (κ1) is 11.2. The number of hydrogen-bond donors (Lipinski definition) is 1. The van der Waals surface area contributed by atoms with Gasteiger partial charge in [0.2, 0.25) is 0 Å². The van der Waals surface area contributed by atoms with Gasteiger partial charge in [0.1, 0.15) is 0 Å². The maximum absolute atomic E-state index is 5.97. The van der Waals surface area contributed by atoms with E-state index < -0.39 is 0 Å². The number of pyridine rings is 1. The molecule has 1 heterocycles. The Morgan fingerprint density at radius 2 is 1.88 bits per heavy atom. The van der Waals surface area contributed by atoms with Crippen molar-refractivity contribution in [2.24, 2.45) is 0 Å². The van der Waals surface area contributed by atoms with Gasteiger partial charge in [0, 0.05) is 11.3 Å². The molecule has 0 aliphatic carbocycles. The fraction of sp³-hybridized carbons (Fsp3) is 0.0833. The van der Waals surface area contributed by atoms with Crippen LogP contribution in [0.4, 0.5) is 5.69 Å². The van der Waals surface area contributed by atoms with Crippen LogP contribution in [0.2, 0.25) is 10.0 Å². The minimum Gasteiger partial charge on any atom is -0.397 e. The van der Waals surface area contributed by atoms with Crippen molar-refractivity contribution in [2.75, 3.05) is 5.73 Å². The number of nitrogens with two attached hydrogens (primary N) is 1. The molecule has 2 nitrogen and oxygen atoms in total. The summed E-state index contributed by atoms with van der Waals surface area (Å²) in [6.45, 7) is 1.93. The molecule has 0 radical (unpaired) electrons. The van der Waals surface area contributed by atoms with Crippen molar-refractivity contribution < 1.29 is 0 Å². The van der Waals surface area contributed by atoms with E-state index in [1.54, 1.807) is 12.3 Å². The number of nitrogens with zero attached hydrogens (tertiary/aromatic N) is 1. The van der Waals surface area contributed by atoms with E-state index in [1.807, 2.05) is 25.1 Å². The molecule has 2 N–H and O–H groups in total. The van der Waals surface area contributed by atoms with Crippen molar-refractivity contribution in [1.82, 2.24) is 4.98 Å². The summed E-state index contributed by atoms with van der Waals surface area (Å²) in [6, 6.07) is 7.36. The monoisotopic (exact) mass is 252 g/mol. The summed E-state index contributed by atoms with van der Waals surface area (Å²) in [4.78, 5) is 4.21. The standard InChI is InChI=1S/C12H10Cl2N2/c1-7-10(5-9(15)6-16-7)8-2-3-11(13)12(14)4-8/h2-6H,15H2,1H3. The van der Waals surface area contributed by atoms with Gasteiger partial charge < -0.3 is 5.73 Å². The fourth-order valence-electron chi connectivity index (χ4n) is 1.51. The topological polar surface area (TPSA) is 38.9 Å². The molecule has 82 valence electrons. The van der Waals surface area contributed by atoms with E-state index in [-0.39, 0.29) is 0 Å². The number of aromatic nitrogens is 1. The quantitative estimate of drug-likeness (QED) is 0.835. The third-order valence-electron chi connectivity index (χ3n) is 2.34. The van der Waals surface area contributed by atoms with Gasteiger partial charge in [-0.05, 0) is 30.7 Å². The number of anilines is 1. The lowest BCUT2D eigenvalue weighted by Gasteiger charge is -2.07. The zero-order valence-corrected chi connectivity index (χ0v) is 10.2. The van der Waals surface area contributed by atoms with Crippen LogP contribution < -0.4 is 5.73 Å². The Bertz CT molecular complexity index is 539. The zero-order chi connectivity index (χ0) is 11.7. The third-order valence-corrected chi connectivity index (χ3v) is 3.08. The predicted octanol–water partition coefficient (Wildman–Crippen LogP) is 3.95. The van der Waals surface area contributed by atoms with Gasteiger partial charge in [-0.3, -0.25) is 4.98 Å². The molecule has 2 aromatic rings. The third kappa shape index (κ3) is 2.13. The molecule has 16 heavy (non-hydrogen) atoms. The molecule has 0 bridgehead atoms. The van der Waals surface area contributed by atoms with Crippen LogP contribution >= 0.6 is 23.2 Å². The first-order chi connectivity index (χ1) is 7.58. The summed E-state index contributed by atoms with van der Waals surface area (Å²) >= 11 is 11.8. The van der Waals surface area contributed by atoms with Gasteiger partial charge in [-0.25, -0.2) is 0 Å². The van der Waals surface area contributed by atoms with Gasteiger partial charge >= 0.3 is 0 Å².